The van der Waals surface area contributed by atoms with Gasteiger partial charge >= 0.3 is 0 Å². The molecule has 0 aromatic carbocycles. The molecular formula is C11H19FN2O3S. The van der Waals surface area contributed by atoms with E-state index >= 15 is 0 Å². The van der Waals surface area contributed by atoms with Crippen LogP contribution >= 0.6 is 0 Å². The van der Waals surface area contributed by atoms with Crippen LogP contribution < -0.4 is 10.6 Å². The first-order valence-electron chi connectivity index (χ1n) is 5.82. The molecule has 1 heterocycles. The van der Waals surface area contributed by atoms with Crippen molar-refractivity contribution in [1.29, 1.82) is 0 Å². The molecule has 0 unspecified atom stereocenters. The van der Waals surface area contributed by atoms with Gasteiger partial charge in [0.25, 0.3) is 5.91 Å². The highest BCUT2D eigenvalue weighted by atomic mass is 32.2. The van der Waals surface area contributed by atoms with Gasteiger partial charge in [0.2, 0.25) is 0 Å². The first-order valence-corrected chi connectivity index (χ1v) is 7.77. The zero-order chi connectivity index (χ0) is 13.8. The lowest BCUT2D eigenvalue weighted by atomic mass is 9.93. The van der Waals surface area contributed by atoms with E-state index in [2.05, 4.69) is 10.6 Å². The zero-order valence-electron chi connectivity index (χ0n) is 10.6. The van der Waals surface area contributed by atoms with Crippen LogP contribution in [0.4, 0.5) is 4.39 Å². The van der Waals surface area contributed by atoms with Crippen LogP contribution in [0.15, 0.2) is 11.5 Å². The Hall–Kier alpha value is -0.950. The largest absolute Gasteiger partial charge is 0.347 e. The van der Waals surface area contributed by atoms with Gasteiger partial charge < -0.3 is 10.6 Å². The fourth-order valence-corrected chi connectivity index (χ4v) is 2.22. The van der Waals surface area contributed by atoms with Gasteiger partial charge in [-0.3, -0.25) is 4.79 Å². The third-order valence-corrected chi connectivity index (χ3v) is 3.43. The summed E-state index contributed by atoms with van der Waals surface area (Å²) in [7, 11) is -3.23. The van der Waals surface area contributed by atoms with Crippen molar-refractivity contribution in [3.05, 3.63) is 11.5 Å². The van der Waals surface area contributed by atoms with Crippen molar-refractivity contribution >= 4 is 15.7 Å². The third kappa shape index (κ3) is 4.73. The number of hydrogen-bond donors (Lipinski definition) is 2. The van der Waals surface area contributed by atoms with E-state index in [-0.39, 0.29) is 12.8 Å². The summed E-state index contributed by atoms with van der Waals surface area (Å²) in [6, 6.07) is -0.519. The smallest absolute Gasteiger partial charge is 0.258 e. The second-order valence-electron chi connectivity index (χ2n) is 4.64. The molecule has 0 spiro atoms. The summed E-state index contributed by atoms with van der Waals surface area (Å²) < 4.78 is 36.0. The topological polar surface area (TPSA) is 75.3 Å². The molecule has 1 aliphatic heterocycles. The minimum Gasteiger partial charge on any atom is -0.347 e. The Labute approximate surface area is 107 Å². The Balaban J connectivity index is 2.56. The molecule has 0 saturated carbocycles. The minimum atomic E-state index is -3.23. The first-order chi connectivity index (χ1) is 8.23. The highest BCUT2D eigenvalue weighted by Gasteiger charge is 2.39. The van der Waals surface area contributed by atoms with Crippen molar-refractivity contribution in [2.24, 2.45) is 0 Å². The van der Waals surface area contributed by atoms with Crippen LogP contribution in [0.3, 0.4) is 0 Å². The summed E-state index contributed by atoms with van der Waals surface area (Å²) in [4.78, 5) is 11.8. The Bertz CT molecular complexity index is 428. The number of halogens is 1. The van der Waals surface area contributed by atoms with Crippen LogP contribution in [0.2, 0.25) is 0 Å². The van der Waals surface area contributed by atoms with Gasteiger partial charge in [0.1, 0.15) is 0 Å². The molecule has 0 aliphatic carbocycles. The normalized spacial score (nSPS) is 21.7. The van der Waals surface area contributed by atoms with E-state index in [9.17, 15) is 17.6 Å². The van der Waals surface area contributed by atoms with Crippen molar-refractivity contribution in [1.82, 2.24) is 10.6 Å². The fraction of sp³-hybridized carbons (Fsp3) is 0.727. The monoisotopic (exact) mass is 278 g/mol. The van der Waals surface area contributed by atoms with Crippen molar-refractivity contribution in [2.45, 2.75) is 31.5 Å². The maximum atomic E-state index is 14.2. The van der Waals surface area contributed by atoms with Crippen molar-refractivity contribution in [3.8, 4) is 0 Å². The minimum absolute atomic E-state index is 0.140. The molecule has 2 N–H and O–H groups in total. The van der Waals surface area contributed by atoms with E-state index in [0.29, 0.717) is 13.1 Å². The van der Waals surface area contributed by atoms with E-state index < -0.39 is 27.5 Å². The average molecular weight is 278 g/mol. The van der Waals surface area contributed by atoms with E-state index in [1.165, 1.54) is 6.08 Å². The summed E-state index contributed by atoms with van der Waals surface area (Å²) in [5, 5.41) is 6.45. The summed E-state index contributed by atoms with van der Waals surface area (Å²) in [6.45, 7) is 2.54. The van der Waals surface area contributed by atoms with Crippen LogP contribution in [0.5, 0.6) is 0 Å². The third-order valence-electron chi connectivity index (χ3n) is 2.78. The summed E-state index contributed by atoms with van der Waals surface area (Å²) >= 11 is 0. The number of rotatable bonds is 4. The van der Waals surface area contributed by atoms with Gasteiger partial charge in [0.15, 0.2) is 15.5 Å². The van der Waals surface area contributed by atoms with Gasteiger partial charge in [-0.2, -0.15) is 0 Å². The lowest BCUT2D eigenvalue weighted by Gasteiger charge is -2.29. The predicted octanol–water partition coefficient (Wildman–Crippen LogP) is 0.141. The molecule has 1 amide bonds. The molecule has 0 aromatic rings. The molecule has 0 bridgehead atoms. The first kappa shape index (κ1) is 15.1. The molecule has 104 valence electrons. The molecule has 18 heavy (non-hydrogen) atoms. The predicted molar refractivity (Wildman–Crippen MR) is 67.5 cm³/mol. The highest BCUT2D eigenvalue weighted by molar-refractivity contribution is 7.93. The quantitative estimate of drug-likeness (QED) is 0.767. The van der Waals surface area contributed by atoms with Crippen LogP contribution in [0, 0.1) is 0 Å². The van der Waals surface area contributed by atoms with Crippen LogP contribution in [0.25, 0.3) is 0 Å². The van der Waals surface area contributed by atoms with Crippen LogP contribution in [-0.2, 0) is 14.6 Å². The lowest BCUT2D eigenvalue weighted by Crippen LogP contribution is -2.51. The van der Waals surface area contributed by atoms with Gasteiger partial charge in [-0.15, -0.1) is 0 Å². The van der Waals surface area contributed by atoms with Crippen molar-refractivity contribution < 1.29 is 17.6 Å². The van der Waals surface area contributed by atoms with Crippen molar-refractivity contribution in [3.63, 3.8) is 0 Å². The molecule has 0 aromatic heterocycles. The van der Waals surface area contributed by atoms with E-state index in [0.717, 1.165) is 11.7 Å². The molecule has 1 saturated heterocycles. The van der Waals surface area contributed by atoms with Gasteiger partial charge in [-0.1, -0.05) is 6.08 Å². The maximum absolute atomic E-state index is 14.2. The standard InChI is InChI=1S/C11H19FN2O3S/c1-9(3-8-18(2,16)17)14-10(15)11(12)4-6-13-7-5-11/h3,8-9,13H,4-7H2,1-2H3,(H,14,15)/b8-3-/t9-/m1/s1. The van der Waals surface area contributed by atoms with E-state index in [4.69, 9.17) is 0 Å². The lowest BCUT2D eigenvalue weighted by molar-refractivity contribution is -0.134. The molecule has 1 rings (SSSR count). The second kappa shape index (κ2) is 5.79. The molecule has 5 nitrogen and oxygen atoms in total. The maximum Gasteiger partial charge on any atom is 0.258 e. The highest BCUT2D eigenvalue weighted by Crippen LogP contribution is 2.23. The summed E-state index contributed by atoms with van der Waals surface area (Å²) in [5.74, 6) is -0.672. The molecule has 0 radical (unpaired) electrons. The molecule has 1 atom stereocenters. The molecular weight excluding hydrogens is 259 g/mol. The van der Waals surface area contributed by atoms with Gasteiger partial charge in [-0.05, 0) is 20.0 Å². The van der Waals surface area contributed by atoms with Crippen molar-refractivity contribution in [2.75, 3.05) is 19.3 Å². The fourth-order valence-electron chi connectivity index (χ4n) is 1.69. The van der Waals surface area contributed by atoms with E-state index in [1.807, 2.05) is 0 Å². The number of sulfone groups is 1. The van der Waals surface area contributed by atoms with Crippen LogP contribution in [0.1, 0.15) is 19.8 Å². The molecule has 7 heteroatoms. The molecule has 1 fully saturated rings. The summed E-state index contributed by atoms with van der Waals surface area (Å²) in [6.07, 6.45) is 2.67. The molecule has 1 aliphatic rings. The average Bonchev–Trinajstić information content (AvgIpc) is 2.26. The Morgan fingerprint density at radius 1 is 1.44 bits per heavy atom. The Kier molecular flexibility index (Phi) is 4.86. The van der Waals surface area contributed by atoms with Gasteiger partial charge in [-0.25, -0.2) is 12.8 Å². The SMILES string of the molecule is C[C@H](/C=C\S(C)(=O)=O)NC(=O)C1(F)CCNCC1. The van der Waals surface area contributed by atoms with Crippen LogP contribution in [-0.4, -0.2) is 45.4 Å². The summed E-state index contributed by atoms with van der Waals surface area (Å²) in [5.41, 5.74) is -1.85. The number of nitrogens with one attached hydrogen (secondary N) is 2. The van der Waals surface area contributed by atoms with Gasteiger partial charge in [0, 0.05) is 30.5 Å². The van der Waals surface area contributed by atoms with E-state index in [1.54, 1.807) is 6.92 Å². The van der Waals surface area contributed by atoms with Gasteiger partial charge in [0.05, 0.1) is 0 Å². The number of carbonyl (C=O) groups excluding carboxylic acids is 1. The second-order valence-corrected chi connectivity index (χ2v) is 6.57. The Morgan fingerprint density at radius 2 is 2.00 bits per heavy atom. The number of alkyl halides is 1. The zero-order valence-corrected chi connectivity index (χ0v) is 11.4. The Morgan fingerprint density at radius 3 is 2.50 bits per heavy atom. The number of amides is 1. The number of hydrogen-bond acceptors (Lipinski definition) is 4. The number of carbonyl (C=O) groups is 1. The number of piperidine rings is 1.